The van der Waals surface area contributed by atoms with E-state index in [9.17, 15) is 9.90 Å². The molecule has 1 unspecified atom stereocenters. The Morgan fingerprint density at radius 1 is 1.06 bits per heavy atom. The number of carboxylic acid groups (broad SMARTS) is 1. The van der Waals surface area contributed by atoms with E-state index >= 15 is 0 Å². The van der Waals surface area contributed by atoms with Gasteiger partial charge >= 0.3 is 5.97 Å². The van der Waals surface area contributed by atoms with Crippen LogP contribution >= 0.6 is 12.2 Å². The molecule has 2 aromatic carbocycles. The Balaban J connectivity index is 1.55. The number of hydrogen-bond donors (Lipinski definition) is 2. The molecule has 0 aliphatic heterocycles. The average molecular weight is 484 g/mol. The van der Waals surface area contributed by atoms with Gasteiger partial charge in [-0.05, 0) is 67.4 Å². The fraction of sp³-hybridized carbons (Fsp3) is 0.500. The molecule has 34 heavy (non-hydrogen) atoms. The third-order valence-electron chi connectivity index (χ3n) is 6.46. The first-order valence-electron chi connectivity index (χ1n) is 12.5. The van der Waals surface area contributed by atoms with Crippen LogP contribution in [0.2, 0.25) is 0 Å². The number of rotatable bonds is 12. The van der Waals surface area contributed by atoms with E-state index < -0.39 is 12.1 Å². The third kappa shape index (κ3) is 8.73. The quantitative estimate of drug-likeness (QED) is 0.368. The predicted octanol–water partition coefficient (Wildman–Crippen LogP) is 5.86. The lowest BCUT2D eigenvalue weighted by molar-refractivity contribution is -0.149. The number of ether oxygens (including phenoxy) is 2. The lowest BCUT2D eigenvalue weighted by Crippen LogP contribution is -2.31. The van der Waals surface area contributed by atoms with Gasteiger partial charge in [-0.15, -0.1) is 0 Å². The standard InChI is InChI=1S/C28H37NO4S/c1-2-32-26(27(30)31)19-22-15-13-21(14-16-22)17-18-25(24-11-7-4-8-12-24)33-28(34)29-20-23-9-5-3-6-10-23/h4,7-8,11-16,23,25-26H,2-3,5-6,9-10,17-20H2,1H3,(H,29,34)(H,30,31)/t25?,26-/m0/s1. The zero-order chi connectivity index (χ0) is 24.2. The number of carboxylic acids is 1. The summed E-state index contributed by atoms with van der Waals surface area (Å²) in [6, 6.07) is 18.3. The van der Waals surface area contributed by atoms with Gasteiger partial charge in [0.2, 0.25) is 0 Å². The van der Waals surface area contributed by atoms with Gasteiger partial charge in [-0.2, -0.15) is 0 Å². The summed E-state index contributed by atoms with van der Waals surface area (Å²) >= 11 is 5.54. The number of nitrogens with one attached hydrogen (secondary N) is 1. The van der Waals surface area contributed by atoms with Gasteiger partial charge in [0.25, 0.3) is 5.17 Å². The van der Waals surface area contributed by atoms with Gasteiger partial charge in [0.15, 0.2) is 6.10 Å². The topological polar surface area (TPSA) is 67.8 Å². The molecule has 2 atom stereocenters. The van der Waals surface area contributed by atoms with Crippen LogP contribution in [0.3, 0.4) is 0 Å². The fourth-order valence-corrected chi connectivity index (χ4v) is 4.72. The maximum absolute atomic E-state index is 11.3. The fourth-order valence-electron chi connectivity index (χ4n) is 4.52. The first-order chi connectivity index (χ1) is 16.5. The molecule has 0 aromatic heterocycles. The van der Waals surface area contributed by atoms with Crippen molar-refractivity contribution in [2.45, 2.75) is 70.5 Å². The lowest BCUT2D eigenvalue weighted by Gasteiger charge is -2.24. The van der Waals surface area contributed by atoms with Crippen LogP contribution in [0.15, 0.2) is 54.6 Å². The molecule has 1 aliphatic carbocycles. The average Bonchev–Trinajstić information content (AvgIpc) is 2.87. The van der Waals surface area contributed by atoms with Crippen LogP contribution in [-0.4, -0.2) is 35.5 Å². The maximum Gasteiger partial charge on any atom is 0.333 e. The molecule has 0 amide bonds. The van der Waals surface area contributed by atoms with Crippen molar-refractivity contribution in [2.24, 2.45) is 5.92 Å². The molecule has 2 N–H and O–H groups in total. The lowest BCUT2D eigenvalue weighted by atomic mass is 9.89. The Labute approximate surface area is 208 Å². The molecule has 1 fully saturated rings. The van der Waals surface area contributed by atoms with Gasteiger partial charge in [-0.25, -0.2) is 4.79 Å². The zero-order valence-electron chi connectivity index (χ0n) is 20.1. The summed E-state index contributed by atoms with van der Waals surface area (Å²) in [5.41, 5.74) is 3.24. The summed E-state index contributed by atoms with van der Waals surface area (Å²) in [5.74, 6) is -0.241. The maximum atomic E-state index is 11.3. The number of benzene rings is 2. The van der Waals surface area contributed by atoms with E-state index in [1.807, 2.05) is 37.3 Å². The van der Waals surface area contributed by atoms with Gasteiger partial charge in [0.05, 0.1) is 0 Å². The summed E-state index contributed by atoms with van der Waals surface area (Å²) in [4.78, 5) is 11.3. The van der Waals surface area contributed by atoms with E-state index in [4.69, 9.17) is 21.7 Å². The molecule has 0 saturated heterocycles. The second-order valence-corrected chi connectivity index (χ2v) is 9.40. The highest BCUT2D eigenvalue weighted by Crippen LogP contribution is 2.25. The van der Waals surface area contributed by atoms with E-state index in [0.29, 0.717) is 24.1 Å². The molecule has 1 saturated carbocycles. The Kier molecular flexibility index (Phi) is 10.8. The SMILES string of the molecule is CCO[C@@H](Cc1ccc(CCC(OC(=S)NCC2CCCCC2)c2ccccc2)cc1)C(=O)O. The molecule has 6 heteroatoms. The highest BCUT2D eigenvalue weighted by molar-refractivity contribution is 7.80. The van der Waals surface area contributed by atoms with Crippen LogP contribution in [0.25, 0.3) is 0 Å². The third-order valence-corrected chi connectivity index (χ3v) is 6.70. The number of thiocarbonyl (C=S) groups is 1. The van der Waals surface area contributed by atoms with Crippen LogP contribution in [0, 0.1) is 5.92 Å². The number of hydrogen-bond acceptors (Lipinski definition) is 4. The van der Waals surface area contributed by atoms with Crippen molar-refractivity contribution in [1.82, 2.24) is 5.32 Å². The molecule has 1 aliphatic rings. The summed E-state index contributed by atoms with van der Waals surface area (Å²) in [7, 11) is 0. The number of aryl methyl sites for hydroxylation is 1. The summed E-state index contributed by atoms with van der Waals surface area (Å²) < 4.78 is 11.5. The summed E-state index contributed by atoms with van der Waals surface area (Å²) in [5, 5.41) is 13.1. The van der Waals surface area contributed by atoms with Crippen molar-refractivity contribution in [2.75, 3.05) is 13.2 Å². The Morgan fingerprint density at radius 3 is 2.38 bits per heavy atom. The molecular weight excluding hydrogens is 446 g/mol. The van der Waals surface area contributed by atoms with Gasteiger partial charge < -0.3 is 19.9 Å². The second kappa shape index (κ2) is 14.1. The molecule has 3 rings (SSSR count). The molecular formula is C28H37NO4S. The summed E-state index contributed by atoms with van der Waals surface area (Å²) in [6.07, 6.45) is 7.57. The molecule has 2 aromatic rings. The van der Waals surface area contributed by atoms with Crippen molar-refractivity contribution in [3.63, 3.8) is 0 Å². The monoisotopic (exact) mass is 483 g/mol. The van der Waals surface area contributed by atoms with Crippen LogP contribution in [0.4, 0.5) is 0 Å². The molecule has 0 heterocycles. The minimum absolute atomic E-state index is 0.124. The smallest absolute Gasteiger partial charge is 0.333 e. The first kappa shape index (κ1) is 26.2. The highest BCUT2D eigenvalue weighted by Gasteiger charge is 2.19. The van der Waals surface area contributed by atoms with Gasteiger partial charge in [0, 0.05) is 19.6 Å². The number of carbonyl (C=O) groups is 1. The van der Waals surface area contributed by atoms with Gasteiger partial charge in [-0.1, -0.05) is 73.9 Å². The molecule has 5 nitrogen and oxygen atoms in total. The second-order valence-electron chi connectivity index (χ2n) is 9.03. The first-order valence-corrected chi connectivity index (χ1v) is 12.9. The van der Waals surface area contributed by atoms with Crippen molar-refractivity contribution in [3.05, 3.63) is 71.3 Å². The normalized spacial score (nSPS) is 15.9. The summed E-state index contributed by atoms with van der Waals surface area (Å²) in [6.45, 7) is 3.08. The van der Waals surface area contributed by atoms with Crippen LogP contribution in [-0.2, 0) is 27.1 Å². The van der Waals surface area contributed by atoms with Crippen molar-refractivity contribution >= 4 is 23.4 Å². The van der Waals surface area contributed by atoms with Crippen molar-refractivity contribution < 1.29 is 19.4 Å². The predicted molar refractivity (Wildman–Crippen MR) is 139 cm³/mol. The van der Waals surface area contributed by atoms with Crippen LogP contribution in [0.5, 0.6) is 0 Å². The van der Waals surface area contributed by atoms with Crippen LogP contribution < -0.4 is 5.32 Å². The van der Waals surface area contributed by atoms with Gasteiger partial charge in [-0.3, -0.25) is 0 Å². The van der Waals surface area contributed by atoms with E-state index in [0.717, 1.165) is 30.5 Å². The largest absolute Gasteiger partial charge is 0.479 e. The molecule has 0 spiro atoms. The minimum atomic E-state index is -0.929. The molecule has 184 valence electrons. The van der Waals surface area contributed by atoms with E-state index in [-0.39, 0.29) is 6.10 Å². The van der Waals surface area contributed by atoms with E-state index in [2.05, 4.69) is 29.6 Å². The highest BCUT2D eigenvalue weighted by atomic mass is 32.1. The van der Waals surface area contributed by atoms with Crippen molar-refractivity contribution in [3.8, 4) is 0 Å². The Bertz CT molecular complexity index is 881. The number of aliphatic carboxylic acids is 1. The Hall–Kier alpha value is -2.44. The zero-order valence-corrected chi connectivity index (χ0v) is 20.9. The molecule has 0 radical (unpaired) electrons. The van der Waals surface area contributed by atoms with Gasteiger partial charge in [0.1, 0.15) is 6.10 Å². The van der Waals surface area contributed by atoms with E-state index in [1.54, 1.807) is 0 Å². The minimum Gasteiger partial charge on any atom is -0.479 e. The van der Waals surface area contributed by atoms with Crippen LogP contribution in [0.1, 0.15) is 68.2 Å². The van der Waals surface area contributed by atoms with Crippen molar-refractivity contribution in [1.29, 1.82) is 0 Å². The van der Waals surface area contributed by atoms with E-state index in [1.165, 1.54) is 37.7 Å². The Morgan fingerprint density at radius 2 is 1.74 bits per heavy atom. The molecule has 0 bridgehead atoms.